The normalized spacial score (nSPS) is 12.8. The van der Waals surface area contributed by atoms with Crippen molar-refractivity contribution in [3.05, 3.63) is 112 Å². The van der Waals surface area contributed by atoms with E-state index in [-0.39, 0.29) is 12.3 Å². The fourth-order valence-corrected chi connectivity index (χ4v) is 4.73. The number of hydrogen-bond acceptors (Lipinski definition) is 3. The molecule has 4 rings (SSSR count). The van der Waals surface area contributed by atoms with Crippen molar-refractivity contribution in [3.8, 4) is 0 Å². The van der Waals surface area contributed by atoms with Crippen molar-refractivity contribution < 1.29 is 15.0 Å². The van der Waals surface area contributed by atoms with Crippen molar-refractivity contribution in [1.82, 2.24) is 4.98 Å². The van der Waals surface area contributed by atoms with Crippen LogP contribution in [0.2, 0.25) is 5.02 Å². The Morgan fingerprint density at radius 3 is 2.56 bits per heavy atom. The molecule has 184 valence electrons. The fourth-order valence-electron chi connectivity index (χ4n) is 4.56. The fraction of sp³-hybridized carbons (Fsp3) is 0.226. The molecule has 0 aliphatic rings. The third-order valence-electron chi connectivity index (χ3n) is 6.36. The van der Waals surface area contributed by atoms with E-state index in [0.717, 1.165) is 38.9 Å². The summed E-state index contributed by atoms with van der Waals surface area (Å²) >= 11 is 6.11. The SMILES string of the molecule is CC(C)(O)c1ccccc1CC[C@@H](CC(=O)O)c1cccc(/C=C/c2ccc3ccc(Cl)cc3n2)c1. The van der Waals surface area contributed by atoms with E-state index in [1.165, 1.54) is 0 Å². The maximum Gasteiger partial charge on any atom is 0.303 e. The molecule has 0 spiro atoms. The molecule has 36 heavy (non-hydrogen) atoms. The Morgan fingerprint density at radius 1 is 1.00 bits per heavy atom. The largest absolute Gasteiger partial charge is 0.481 e. The summed E-state index contributed by atoms with van der Waals surface area (Å²) in [7, 11) is 0. The lowest BCUT2D eigenvalue weighted by Gasteiger charge is -2.23. The number of fused-ring (bicyclic) bond motifs is 1. The van der Waals surface area contributed by atoms with Gasteiger partial charge < -0.3 is 10.2 Å². The lowest BCUT2D eigenvalue weighted by molar-refractivity contribution is -0.137. The minimum absolute atomic E-state index is 0.0465. The van der Waals surface area contributed by atoms with E-state index in [1.807, 2.05) is 91.0 Å². The van der Waals surface area contributed by atoms with Gasteiger partial charge in [0.05, 0.1) is 23.2 Å². The number of aromatic nitrogens is 1. The number of aryl methyl sites for hydroxylation is 1. The van der Waals surface area contributed by atoms with E-state index < -0.39 is 11.6 Å². The van der Waals surface area contributed by atoms with Gasteiger partial charge in [-0.05, 0) is 79.1 Å². The zero-order valence-corrected chi connectivity index (χ0v) is 21.2. The first-order valence-electron chi connectivity index (χ1n) is 12.1. The third-order valence-corrected chi connectivity index (χ3v) is 6.60. The number of pyridine rings is 1. The summed E-state index contributed by atoms with van der Waals surface area (Å²) in [6.45, 7) is 3.55. The van der Waals surface area contributed by atoms with Gasteiger partial charge in [0, 0.05) is 10.4 Å². The van der Waals surface area contributed by atoms with Crippen molar-refractivity contribution in [3.63, 3.8) is 0 Å². The topological polar surface area (TPSA) is 70.4 Å². The Balaban J connectivity index is 1.55. The Morgan fingerprint density at radius 2 is 1.78 bits per heavy atom. The van der Waals surface area contributed by atoms with Gasteiger partial charge in [0.15, 0.2) is 0 Å². The van der Waals surface area contributed by atoms with E-state index in [9.17, 15) is 15.0 Å². The second-order valence-corrected chi connectivity index (χ2v) is 10.1. The third kappa shape index (κ3) is 6.60. The standard InChI is InChI=1S/C31H30ClNO3/c1-31(2,36)28-9-4-3-7-22(28)11-12-25(19-30(34)35)24-8-5-6-21(18-24)10-16-27-17-14-23-13-15-26(32)20-29(23)33-27/h3-10,13-18,20,25,36H,11-12,19H2,1-2H3,(H,34,35)/b16-10+/t25-/m0/s1. The highest BCUT2D eigenvalue weighted by Gasteiger charge is 2.21. The molecule has 2 N–H and O–H groups in total. The number of aliphatic hydroxyl groups is 1. The van der Waals surface area contributed by atoms with Gasteiger partial charge in [-0.3, -0.25) is 4.79 Å². The van der Waals surface area contributed by atoms with E-state index in [4.69, 9.17) is 11.6 Å². The second-order valence-electron chi connectivity index (χ2n) is 9.63. The predicted molar refractivity (Wildman–Crippen MR) is 147 cm³/mol. The van der Waals surface area contributed by atoms with Crippen molar-refractivity contribution in [2.24, 2.45) is 0 Å². The molecule has 0 aliphatic carbocycles. The number of carboxylic acid groups (broad SMARTS) is 1. The molecular formula is C31H30ClNO3. The smallest absolute Gasteiger partial charge is 0.303 e. The van der Waals surface area contributed by atoms with Crippen LogP contribution in [0.25, 0.3) is 23.1 Å². The number of carbonyl (C=O) groups is 1. The molecule has 1 atom stereocenters. The zero-order valence-electron chi connectivity index (χ0n) is 20.5. The minimum Gasteiger partial charge on any atom is -0.481 e. The molecule has 4 nitrogen and oxygen atoms in total. The van der Waals surface area contributed by atoms with Crippen LogP contribution in [-0.2, 0) is 16.8 Å². The summed E-state index contributed by atoms with van der Waals surface area (Å²) < 4.78 is 0. The van der Waals surface area contributed by atoms with Gasteiger partial charge in [0.2, 0.25) is 0 Å². The van der Waals surface area contributed by atoms with E-state index in [2.05, 4.69) is 4.98 Å². The van der Waals surface area contributed by atoms with Crippen LogP contribution in [0.15, 0.2) is 78.9 Å². The molecule has 1 aromatic heterocycles. The van der Waals surface area contributed by atoms with Gasteiger partial charge in [-0.25, -0.2) is 4.98 Å². The molecule has 0 saturated heterocycles. The number of carboxylic acids is 1. The monoisotopic (exact) mass is 499 g/mol. The Labute approximate surface area is 216 Å². The first-order chi connectivity index (χ1) is 17.2. The average molecular weight is 500 g/mol. The lowest BCUT2D eigenvalue weighted by Crippen LogP contribution is -2.18. The number of hydrogen-bond donors (Lipinski definition) is 2. The van der Waals surface area contributed by atoms with Gasteiger partial charge in [0.1, 0.15) is 0 Å². The molecule has 0 fully saturated rings. The minimum atomic E-state index is -0.953. The van der Waals surface area contributed by atoms with E-state index in [1.54, 1.807) is 13.8 Å². The molecule has 0 amide bonds. The predicted octanol–water partition coefficient (Wildman–Crippen LogP) is 7.48. The zero-order chi connectivity index (χ0) is 25.7. The molecule has 0 bridgehead atoms. The molecular weight excluding hydrogens is 470 g/mol. The summed E-state index contributed by atoms with van der Waals surface area (Å²) in [6.07, 6.45) is 5.33. The number of aliphatic carboxylic acids is 1. The molecule has 3 aromatic carbocycles. The van der Waals surface area contributed by atoms with Crippen LogP contribution in [0, 0.1) is 0 Å². The number of halogens is 1. The average Bonchev–Trinajstić information content (AvgIpc) is 2.84. The molecule has 0 unspecified atom stereocenters. The van der Waals surface area contributed by atoms with Gasteiger partial charge in [-0.2, -0.15) is 0 Å². The molecule has 0 radical (unpaired) electrons. The van der Waals surface area contributed by atoms with Gasteiger partial charge in [-0.15, -0.1) is 0 Å². The highest BCUT2D eigenvalue weighted by molar-refractivity contribution is 6.31. The van der Waals surface area contributed by atoms with E-state index >= 15 is 0 Å². The van der Waals surface area contributed by atoms with Crippen LogP contribution in [0.1, 0.15) is 60.6 Å². The maximum atomic E-state index is 11.7. The lowest BCUT2D eigenvalue weighted by atomic mass is 9.85. The van der Waals surface area contributed by atoms with E-state index in [0.29, 0.717) is 17.9 Å². The first kappa shape index (κ1) is 25.6. The number of nitrogens with zero attached hydrogens (tertiary/aromatic N) is 1. The van der Waals surface area contributed by atoms with Gasteiger partial charge in [0.25, 0.3) is 0 Å². The summed E-state index contributed by atoms with van der Waals surface area (Å²) in [5, 5.41) is 21.8. The molecule has 5 heteroatoms. The second kappa shape index (κ2) is 11.1. The van der Waals surface area contributed by atoms with Crippen LogP contribution in [0.3, 0.4) is 0 Å². The summed E-state index contributed by atoms with van der Waals surface area (Å²) in [5.41, 5.74) is 4.59. The highest BCUT2D eigenvalue weighted by atomic mass is 35.5. The van der Waals surface area contributed by atoms with Crippen molar-refractivity contribution in [1.29, 1.82) is 0 Å². The molecule has 0 aliphatic heterocycles. The Hall–Kier alpha value is -3.47. The number of rotatable bonds is 9. The molecule has 4 aromatic rings. The summed E-state index contributed by atoms with van der Waals surface area (Å²) in [6, 6.07) is 25.4. The van der Waals surface area contributed by atoms with Crippen LogP contribution < -0.4 is 0 Å². The van der Waals surface area contributed by atoms with Crippen LogP contribution >= 0.6 is 11.6 Å². The van der Waals surface area contributed by atoms with Gasteiger partial charge >= 0.3 is 5.97 Å². The van der Waals surface area contributed by atoms with Crippen LogP contribution in [0.4, 0.5) is 0 Å². The summed E-state index contributed by atoms with van der Waals surface area (Å²) in [4.78, 5) is 16.3. The van der Waals surface area contributed by atoms with Crippen molar-refractivity contribution in [2.75, 3.05) is 0 Å². The summed E-state index contributed by atoms with van der Waals surface area (Å²) in [5.74, 6) is -0.970. The number of benzene rings is 3. The molecule has 0 saturated carbocycles. The first-order valence-corrected chi connectivity index (χ1v) is 12.4. The van der Waals surface area contributed by atoms with Gasteiger partial charge in [-0.1, -0.05) is 78.3 Å². The van der Waals surface area contributed by atoms with Crippen molar-refractivity contribution in [2.45, 2.75) is 44.6 Å². The molecule has 1 heterocycles. The van der Waals surface area contributed by atoms with Crippen LogP contribution in [-0.4, -0.2) is 21.2 Å². The highest BCUT2D eigenvalue weighted by Crippen LogP contribution is 2.30. The quantitative estimate of drug-likeness (QED) is 0.250. The Kier molecular flexibility index (Phi) is 7.88. The maximum absolute atomic E-state index is 11.7. The van der Waals surface area contributed by atoms with Crippen LogP contribution in [0.5, 0.6) is 0 Å². The van der Waals surface area contributed by atoms with Crippen molar-refractivity contribution >= 4 is 40.6 Å². The Bertz CT molecular complexity index is 1400.